The van der Waals surface area contributed by atoms with Crippen molar-refractivity contribution in [2.75, 3.05) is 5.73 Å². The number of anilines is 1. The van der Waals surface area contributed by atoms with Gasteiger partial charge in [0.25, 0.3) is 0 Å². The molecule has 0 bridgehead atoms. The summed E-state index contributed by atoms with van der Waals surface area (Å²) in [6, 6.07) is 9.13. The maximum absolute atomic E-state index is 9.28. The van der Waals surface area contributed by atoms with E-state index in [0.717, 1.165) is 24.2 Å². The lowest BCUT2D eigenvalue weighted by Gasteiger charge is -2.11. The van der Waals surface area contributed by atoms with E-state index in [0.29, 0.717) is 28.6 Å². The van der Waals surface area contributed by atoms with Crippen molar-refractivity contribution in [2.24, 2.45) is 0 Å². The Morgan fingerprint density at radius 3 is 2.96 bits per heavy atom. The van der Waals surface area contributed by atoms with Crippen molar-refractivity contribution in [2.45, 2.75) is 25.6 Å². The van der Waals surface area contributed by atoms with Gasteiger partial charge >= 0.3 is 0 Å². The molecule has 3 N–H and O–H groups in total. The summed E-state index contributed by atoms with van der Waals surface area (Å²) in [6.07, 6.45) is 2.44. The first-order valence-corrected chi connectivity index (χ1v) is 7.52. The van der Waals surface area contributed by atoms with Crippen LogP contribution in [0.3, 0.4) is 0 Å². The number of hydrogen-bond donors (Lipinski definition) is 2. The molecule has 0 atom stereocenters. The van der Waals surface area contributed by atoms with Crippen LogP contribution in [-0.2, 0) is 6.61 Å². The summed E-state index contributed by atoms with van der Waals surface area (Å²) in [7, 11) is 0. The molecule has 0 saturated heterocycles. The number of nitrogens with two attached hydrogens (primary N) is 1. The van der Waals surface area contributed by atoms with E-state index in [1.54, 1.807) is 18.2 Å². The Balaban J connectivity index is 1.60. The van der Waals surface area contributed by atoms with Gasteiger partial charge in [-0.3, -0.25) is 0 Å². The molecule has 2 aromatic heterocycles. The predicted molar refractivity (Wildman–Crippen MR) is 85.2 cm³/mol. The molecular weight excluding hydrogens is 308 g/mol. The highest BCUT2D eigenvalue weighted by Gasteiger charge is 2.23. The number of nitriles is 1. The fourth-order valence-corrected chi connectivity index (χ4v) is 2.34. The van der Waals surface area contributed by atoms with Gasteiger partial charge in [-0.25, -0.2) is 4.98 Å². The van der Waals surface area contributed by atoms with E-state index in [2.05, 4.69) is 26.5 Å². The summed E-state index contributed by atoms with van der Waals surface area (Å²) in [5.74, 6) is 1.50. The zero-order valence-corrected chi connectivity index (χ0v) is 12.7. The van der Waals surface area contributed by atoms with E-state index < -0.39 is 0 Å². The van der Waals surface area contributed by atoms with E-state index in [1.807, 2.05) is 6.07 Å². The predicted octanol–water partition coefficient (Wildman–Crippen LogP) is 1.93. The molecular formula is C16H14N6O2. The van der Waals surface area contributed by atoms with Crippen LogP contribution in [0.2, 0.25) is 0 Å². The topological polar surface area (TPSA) is 123 Å². The lowest BCUT2D eigenvalue weighted by Crippen LogP contribution is -2.02. The van der Waals surface area contributed by atoms with Crippen molar-refractivity contribution in [1.82, 2.24) is 20.4 Å². The van der Waals surface area contributed by atoms with Gasteiger partial charge in [0.15, 0.2) is 11.3 Å². The molecule has 1 saturated carbocycles. The lowest BCUT2D eigenvalue weighted by molar-refractivity contribution is 0.295. The maximum atomic E-state index is 9.28. The molecule has 8 nitrogen and oxygen atoms in total. The third kappa shape index (κ3) is 2.79. The molecule has 4 rings (SSSR count). The van der Waals surface area contributed by atoms with Gasteiger partial charge in [0.1, 0.15) is 18.2 Å². The van der Waals surface area contributed by atoms with Crippen LogP contribution in [0.25, 0.3) is 11.2 Å². The fraction of sp³-hybridized carbons (Fsp3) is 0.250. The number of pyridine rings is 1. The molecule has 0 radical (unpaired) electrons. The van der Waals surface area contributed by atoms with Gasteiger partial charge in [0.2, 0.25) is 5.65 Å². The van der Waals surface area contributed by atoms with E-state index >= 15 is 0 Å². The Labute approximate surface area is 137 Å². The first-order chi connectivity index (χ1) is 11.7. The summed E-state index contributed by atoms with van der Waals surface area (Å²) < 4.78 is 11.6. The molecule has 2 heterocycles. The van der Waals surface area contributed by atoms with Crippen molar-refractivity contribution in [1.29, 1.82) is 5.26 Å². The van der Waals surface area contributed by atoms with Crippen LogP contribution in [0.5, 0.6) is 11.5 Å². The standard InChI is InChI=1S/C16H14N6O2/c17-7-9-1-2-12(24-11-3-4-11)5-10(9)8-23-13-6-14(18)19-16-15(13)20-22-21-16/h1-2,5-6,11H,3-4,8H2,(H3,18,19,20,21,22). The first kappa shape index (κ1) is 14.3. The monoisotopic (exact) mass is 322 g/mol. The van der Waals surface area contributed by atoms with Crippen LogP contribution in [0.15, 0.2) is 24.3 Å². The molecule has 1 aliphatic carbocycles. The number of nitrogens with zero attached hydrogens (tertiary/aromatic N) is 4. The molecule has 8 heteroatoms. The fourth-order valence-electron chi connectivity index (χ4n) is 2.34. The highest BCUT2D eigenvalue weighted by molar-refractivity contribution is 5.78. The minimum atomic E-state index is 0.191. The van der Waals surface area contributed by atoms with Crippen molar-refractivity contribution < 1.29 is 9.47 Å². The lowest BCUT2D eigenvalue weighted by atomic mass is 10.1. The number of aromatic nitrogens is 4. The Kier molecular flexibility index (Phi) is 3.39. The Morgan fingerprint density at radius 1 is 1.29 bits per heavy atom. The second-order valence-electron chi connectivity index (χ2n) is 5.58. The number of fused-ring (bicyclic) bond motifs is 1. The van der Waals surface area contributed by atoms with Crippen LogP contribution < -0.4 is 15.2 Å². The van der Waals surface area contributed by atoms with Gasteiger partial charge in [0, 0.05) is 11.6 Å². The molecule has 1 fully saturated rings. The summed E-state index contributed by atoms with van der Waals surface area (Å²) >= 11 is 0. The van der Waals surface area contributed by atoms with Crippen LogP contribution in [0.1, 0.15) is 24.0 Å². The van der Waals surface area contributed by atoms with Gasteiger partial charge in [-0.15, -0.1) is 5.10 Å². The van der Waals surface area contributed by atoms with Gasteiger partial charge < -0.3 is 15.2 Å². The van der Waals surface area contributed by atoms with Crippen molar-refractivity contribution in [3.05, 3.63) is 35.4 Å². The van der Waals surface area contributed by atoms with E-state index in [1.165, 1.54) is 0 Å². The molecule has 0 unspecified atom stereocenters. The number of hydrogen-bond acceptors (Lipinski definition) is 7. The maximum Gasteiger partial charge on any atom is 0.207 e. The van der Waals surface area contributed by atoms with Crippen molar-refractivity contribution >= 4 is 17.0 Å². The molecule has 120 valence electrons. The SMILES string of the molecule is N#Cc1ccc(OC2CC2)cc1COc1cc(N)nc2n[nH]nc12. The number of H-pyrrole nitrogens is 1. The number of ether oxygens (including phenoxy) is 2. The first-order valence-electron chi connectivity index (χ1n) is 7.52. The summed E-state index contributed by atoms with van der Waals surface area (Å²) in [5.41, 5.74) is 7.91. The van der Waals surface area contributed by atoms with Gasteiger partial charge in [-0.2, -0.15) is 15.6 Å². The molecule has 1 aromatic carbocycles. The molecule has 24 heavy (non-hydrogen) atoms. The Hall–Kier alpha value is -3.34. The molecule has 3 aromatic rings. The van der Waals surface area contributed by atoms with Crippen LogP contribution >= 0.6 is 0 Å². The zero-order chi connectivity index (χ0) is 16.5. The second-order valence-corrected chi connectivity index (χ2v) is 5.58. The average Bonchev–Trinajstić information content (AvgIpc) is 3.26. The molecule has 0 amide bonds. The Morgan fingerprint density at radius 2 is 2.17 bits per heavy atom. The average molecular weight is 322 g/mol. The van der Waals surface area contributed by atoms with Gasteiger partial charge in [0.05, 0.1) is 17.7 Å². The van der Waals surface area contributed by atoms with E-state index in [-0.39, 0.29) is 12.4 Å². The summed E-state index contributed by atoms with van der Waals surface area (Å²) in [5, 5.41) is 19.7. The normalized spacial score (nSPS) is 13.6. The van der Waals surface area contributed by atoms with Crippen molar-refractivity contribution in [3.8, 4) is 17.6 Å². The van der Waals surface area contributed by atoms with E-state index in [4.69, 9.17) is 15.2 Å². The Bertz CT molecular complexity index is 941. The van der Waals surface area contributed by atoms with Crippen LogP contribution in [-0.4, -0.2) is 26.5 Å². The van der Waals surface area contributed by atoms with Crippen LogP contribution in [0.4, 0.5) is 5.82 Å². The third-order valence-electron chi connectivity index (χ3n) is 3.68. The zero-order valence-electron chi connectivity index (χ0n) is 12.7. The minimum absolute atomic E-state index is 0.191. The highest BCUT2D eigenvalue weighted by Crippen LogP contribution is 2.29. The highest BCUT2D eigenvalue weighted by atomic mass is 16.5. The van der Waals surface area contributed by atoms with Gasteiger partial charge in [-0.1, -0.05) is 0 Å². The summed E-state index contributed by atoms with van der Waals surface area (Å²) in [6.45, 7) is 0.191. The number of benzene rings is 1. The molecule has 0 spiro atoms. The quantitative estimate of drug-likeness (QED) is 0.735. The molecule has 1 aliphatic rings. The third-order valence-corrected chi connectivity index (χ3v) is 3.68. The number of nitrogen functional groups attached to an aromatic ring is 1. The number of nitrogens with one attached hydrogen (secondary N) is 1. The number of aromatic amines is 1. The van der Waals surface area contributed by atoms with Crippen LogP contribution in [0, 0.1) is 11.3 Å². The minimum Gasteiger partial charge on any atom is -0.490 e. The van der Waals surface area contributed by atoms with E-state index in [9.17, 15) is 5.26 Å². The van der Waals surface area contributed by atoms with Gasteiger partial charge in [-0.05, 0) is 31.0 Å². The smallest absolute Gasteiger partial charge is 0.207 e. The largest absolute Gasteiger partial charge is 0.490 e. The number of rotatable bonds is 5. The van der Waals surface area contributed by atoms with Crippen molar-refractivity contribution in [3.63, 3.8) is 0 Å². The summed E-state index contributed by atoms with van der Waals surface area (Å²) in [4.78, 5) is 4.06. The molecule has 0 aliphatic heterocycles. The second kappa shape index (κ2) is 5.70.